The van der Waals surface area contributed by atoms with Gasteiger partial charge in [0.1, 0.15) is 0 Å². The molecule has 0 heterocycles. The lowest BCUT2D eigenvalue weighted by molar-refractivity contribution is 0.0948. The summed E-state index contributed by atoms with van der Waals surface area (Å²) in [5.74, 6) is 0.0963. The Balaban J connectivity index is 1.35. The van der Waals surface area contributed by atoms with Crippen LogP contribution in [0.15, 0.2) is 84.9 Å². The summed E-state index contributed by atoms with van der Waals surface area (Å²) in [4.78, 5) is 24.7. The van der Waals surface area contributed by atoms with Gasteiger partial charge in [0.15, 0.2) is 0 Å². The molecule has 0 saturated heterocycles. The Morgan fingerprint density at radius 2 is 1.26 bits per heavy atom. The van der Waals surface area contributed by atoms with E-state index in [4.69, 9.17) is 0 Å². The summed E-state index contributed by atoms with van der Waals surface area (Å²) in [6, 6.07) is 26.4. The zero-order valence-corrected chi connectivity index (χ0v) is 14.8. The number of hydrogen-bond donors (Lipinski definition) is 2. The number of hydrogen-bond acceptors (Lipinski definition) is 2. The van der Waals surface area contributed by atoms with Crippen molar-refractivity contribution in [2.24, 2.45) is 0 Å². The normalized spacial score (nSPS) is 17.8. The van der Waals surface area contributed by atoms with Gasteiger partial charge in [-0.25, -0.2) is 0 Å². The minimum absolute atomic E-state index is 0.103. The van der Waals surface area contributed by atoms with Crippen molar-refractivity contribution in [3.8, 4) is 0 Å². The van der Waals surface area contributed by atoms with Crippen molar-refractivity contribution in [3.63, 3.8) is 0 Å². The largest absolute Gasteiger partial charge is 0.349 e. The third-order valence-electron chi connectivity index (χ3n) is 4.78. The summed E-state index contributed by atoms with van der Waals surface area (Å²) in [6.45, 7) is 0. The molecule has 4 nitrogen and oxygen atoms in total. The maximum Gasteiger partial charge on any atom is 0.255 e. The molecule has 0 aliphatic heterocycles. The number of amides is 2. The highest BCUT2D eigenvalue weighted by molar-refractivity contribution is 6.05. The van der Waals surface area contributed by atoms with E-state index in [0.29, 0.717) is 17.0 Å². The summed E-state index contributed by atoms with van der Waals surface area (Å²) in [6.07, 6.45) is 0.966. The van der Waals surface area contributed by atoms with E-state index in [1.54, 1.807) is 24.3 Å². The Morgan fingerprint density at radius 3 is 1.89 bits per heavy atom. The smallest absolute Gasteiger partial charge is 0.255 e. The van der Waals surface area contributed by atoms with E-state index in [1.165, 1.54) is 5.56 Å². The minimum atomic E-state index is -0.195. The molecule has 3 aromatic rings. The van der Waals surface area contributed by atoms with Crippen molar-refractivity contribution < 1.29 is 9.59 Å². The maximum atomic E-state index is 12.4. The van der Waals surface area contributed by atoms with Gasteiger partial charge >= 0.3 is 0 Å². The number of rotatable bonds is 5. The number of anilines is 1. The lowest BCUT2D eigenvalue weighted by Gasteiger charge is -2.07. The van der Waals surface area contributed by atoms with Gasteiger partial charge in [-0.2, -0.15) is 0 Å². The molecule has 27 heavy (non-hydrogen) atoms. The molecule has 4 heteroatoms. The molecule has 2 N–H and O–H groups in total. The van der Waals surface area contributed by atoms with Gasteiger partial charge in [-0.05, 0) is 48.4 Å². The van der Waals surface area contributed by atoms with E-state index in [-0.39, 0.29) is 17.9 Å². The van der Waals surface area contributed by atoms with Crippen LogP contribution in [0.2, 0.25) is 0 Å². The predicted octanol–water partition coefficient (Wildman–Crippen LogP) is 4.22. The van der Waals surface area contributed by atoms with Gasteiger partial charge < -0.3 is 10.6 Å². The van der Waals surface area contributed by atoms with Crippen molar-refractivity contribution in [2.45, 2.75) is 18.4 Å². The molecule has 134 valence electrons. The van der Waals surface area contributed by atoms with Gasteiger partial charge in [0.25, 0.3) is 11.8 Å². The Labute approximate surface area is 158 Å². The van der Waals surface area contributed by atoms with Crippen LogP contribution < -0.4 is 10.6 Å². The van der Waals surface area contributed by atoms with E-state index in [0.717, 1.165) is 12.1 Å². The van der Waals surface area contributed by atoms with E-state index in [9.17, 15) is 9.59 Å². The Bertz CT molecular complexity index is 937. The molecule has 0 radical (unpaired) electrons. The van der Waals surface area contributed by atoms with Crippen LogP contribution in [0.5, 0.6) is 0 Å². The molecule has 1 aliphatic carbocycles. The van der Waals surface area contributed by atoms with Crippen molar-refractivity contribution in [3.05, 3.63) is 102 Å². The van der Waals surface area contributed by atoms with Crippen LogP contribution >= 0.6 is 0 Å². The van der Waals surface area contributed by atoms with Gasteiger partial charge in [-0.3, -0.25) is 9.59 Å². The fraction of sp³-hybridized carbons (Fsp3) is 0.130. The number of carbonyl (C=O) groups excluding carboxylic acids is 2. The van der Waals surface area contributed by atoms with Gasteiger partial charge in [-0.1, -0.05) is 48.5 Å². The van der Waals surface area contributed by atoms with Crippen molar-refractivity contribution in [1.29, 1.82) is 0 Å². The van der Waals surface area contributed by atoms with Crippen LogP contribution in [0.3, 0.4) is 0 Å². The van der Waals surface area contributed by atoms with Gasteiger partial charge in [-0.15, -0.1) is 0 Å². The second-order valence-corrected chi connectivity index (χ2v) is 6.73. The van der Waals surface area contributed by atoms with E-state index >= 15 is 0 Å². The van der Waals surface area contributed by atoms with Crippen LogP contribution in [0.1, 0.15) is 38.6 Å². The standard InChI is InChI=1S/C23H20N2O2/c26-22(24-19-9-5-2-6-10-19)17-11-13-18(14-12-17)23(27)25-21-15-20(21)16-7-3-1-4-8-16/h1-14,20-21H,15H2,(H,24,26)(H,25,27)/t20-,21+/m0/s1. The number of benzene rings is 3. The number of carbonyl (C=O) groups is 2. The summed E-state index contributed by atoms with van der Waals surface area (Å²) in [5, 5.41) is 5.90. The summed E-state index contributed by atoms with van der Waals surface area (Å²) in [5.41, 5.74) is 3.08. The van der Waals surface area contributed by atoms with Gasteiger partial charge in [0, 0.05) is 28.8 Å². The maximum absolute atomic E-state index is 12.4. The molecular formula is C23H20N2O2. The zero-order chi connectivity index (χ0) is 18.6. The van der Waals surface area contributed by atoms with Crippen LogP contribution in [0.25, 0.3) is 0 Å². The average molecular weight is 356 g/mol. The number of para-hydroxylation sites is 1. The van der Waals surface area contributed by atoms with Gasteiger partial charge in [0.05, 0.1) is 0 Å². The Hall–Kier alpha value is -3.40. The van der Waals surface area contributed by atoms with E-state index in [1.807, 2.05) is 48.5 Å². The topological polar surface area (TPSA) is 58.2 Å². The molecule has 4 rings (SSSR count). The molecule has 1 fully saturated rings. The zero-order valence-electron chi connectivity index (χ0n) is 14.8. The highest BCUT2D eigenvalue weighted by Crippen LogP contribution is 2.40. The number of nitrogens with one attached hydrogen (secondary N) is 2. The van der Waals surface area contributed by atoms with Crippen LogP contribution in [0, 0.1) is 0 Å². The van der Waals surface area contributed by atoms with Crippen LogP contribution in [0.4, 0.5) is 5.69 Å². The Morgan fingerprint density at radius 1 is 0.704 bits per heavy atom. The molecular weight excluding hydrogens is 336 g/mol. The van der Waals surface area contributed by atoms with E-state index < -0.39 is 0 Å². The molecule has 2 amide bonds. The van der Waals surface area contributed by atoms with Crippen molar-refractivity contribution in [2.75, 3.05) is 5.32 Å². The minimum Gasteiger partial charge on any atom is -0.349 e. The molecule has 0 bridgehead atoms. The molecule has 0 spiro atoms. The first kappa shape index (κ1) is 17.0. The fourth-order valence-corrected chi connectivity index (χ4v) is 3.17. The molecule has 1 aliphatic rings. The SMILES string of the molecule is O=C(Nc1ccccc1)c1ccc(C(=O)N[C@@H]2C[C@H]2c2ccccc2)cc1. The summed E-state index contributed by atoms with van der Waals surface area (Å²) >= 11 is 0. The highest BCUT2D eigenvalue weighted by Gasteiger charge is 2.39. The van der Waals surface area contributed by atoms with Crippen molar-refractivity contribution in [1.82, 2.24) is 5.32 Å². The monoisotopic (exact) mass is 356 g/mol. The molecule has 3 aromatic carbocycles. The van der Waals surface area contributed by atoms with Crippen molar-refractivity contribution >= 4 is 17.5 Å². The lowest BCUT2D eigenvalue weighted by atomic mass is 10.1. The first-order valence-corrected chi connectivity index (χ1v) is 9.03. The fourth-order valence-electron chi connectivity index (χ4n) is 3.17. The van der Waals surface area contributed by atoms with E-state index in [2.05, 4.69) is 22.8 Å². The van der Waals surface area contributed by atoms with Gasteiger partial charge in [0.2, 0.25) is 0 Å². The summed E-state index contributed by atoms with van der Waals surface area (Å²) in [7, 11) is 0. The molecule has 2 atom stereocenters. The van der Waals surface area contributed by atoms with Crippen LogP contribution in [-0.4, -0.2) is 17.9 Å². The second-order valence-electron chi connectivity index (χ2n) is 6.73. The molecule has 0 unspecified atom stereocenters. The third-order valence-corrected chi connectivity index (χ3v) is 4.78. The van der Waals surface area contributed by atoms with Crippen LogP contribution in [-0.2, 0) is 0 Å². The third kappa shape index (κ3) is 4.06. The second kappa shape index (κ2) is 7.46. The highest BCUT2D eigenvalue weighted by atomic mass is 16.2. The lowest BCUT2D eigenvalue weighted by Crippen LogP contribution is -2.26. The predicted molar refractivity (Wildman–Crippen MR) is 106 cm³/mol. The molecule has 1 saturated carbocycles. The quantitative estimate of drug-likeness (QED) is 0.719. The first-order valence-electron chi connectivity index (χ1n) is 9.03. The summed E-state index contributed by atoms with van der Waals surface area (Å²) < 4.78 is 0. The Kier molecular flexibility index (Phi) is 4.71. The first-order chi connectivity index (χ1) is 13.2. The average Bonchev–Trinajstić information content (AvgIpc) is 3.48. The molecule has 0 aromatic heterocycles.